The average molecular weight is 342 g/mol. The Labute approximate surface area is 141 Å². The van der Waals surface area contributed by atoms with E-state index in [9.17, 15) is 4.79 Å². The molecule has 0 aliphatic heterocycles. The Bertz CT molecular complexity index is 1060. The summed E-state index contributed by atoms with van der Waals surface area (Å²) in [4.78, 5) is 20.8. The van der Waals surface area contributed by atoms with Crippen molar-refractivity contribution >= 4 is 17.4 Å². The molecule has 0 aliphatic rings. The predicted molar refractivity (Wildman–Crippen MR) is 87.5 cm³/mol. The molecule has 120 valence electrons. The molecule has 0 atom stereocenters. The highest BCUT2D eigenvalue weighted by Gasteiger charge is 2.14. The molecule has 0 fully saturated rings. The lowest BCUT2D eigenvalue weighted by molar-refractivity contribution is 0.727. The summed E-state index contributed by atoms with van der Waals surface area (Å²) in [6, 6.07) is 6.90. The highest BCUT2D eigenvalue weighted by atomic mass is 35.5. The van der Waals surface area contributed by atoms with E-state index in [2.05, 4.69) is 20.2 Å². The van der Waals surface area contributed by atoms with E-state index in [4.69, 9.17) is 11.6 Å². The highest BCUT2D eigenvalue weighted by Crippen LogP contribution is 2.11. The Hall–Kier alpha value is -3.00. The monoisotopic (exact) mass is 341 g/mol. The van der Waals surface area contributed by atoms with Gasteiger partial charge in [0.05, 0.1) is 6.54 Å². The van der Waals surface area contributed by atoms with Crippen LogP contribution in [-0.4, -0.2) is 33.9 Å². The fourth-order valence-corrected chi connectivity index (χ4v) is 2.57. The molecular formula is C15H12ClN7O. The molecular weight excluding hydrogens is 330 g/mol. The standard InChI is InChI=1S/C15H12ClN7O/c1-10-7-13(24)23-15(19-14(20-23)22-6-2-5-18-22)21(10)9-11-3-4-12(16)17-8-11/h2-8H,9H2,1H3. The number of halogens is 1. The summed E-state index contributed by atoms with van der Waals surface area (Å²) in [5.41, 5.74) is 1.48. The second kappa shape index (κ2) is 5.57. The smallest absolute Gasteiger partial charge is 0.275 e. The van der Waals surface area contributed by atoms with Gasteiger partial charge < -0.3 is 4.57 Å². The van der Waals surface area contributed by atoms with E-state index in [1.54, 1.807) is 30.7 Å². The van der Waals surface area contributed by atoms with Crippen molar-refractivity contribution in [3.8, 4) is 5.95 Å². The summed E-state index contributed by atoms with van der Waals surface area (Å²) in [5.74, 6) is 0.783. The third kappa shape index (κ3) is 2.46. The quantitative estimate of drug-likeness (QED) is 0.527. The van der Waals surface area contributed by atoms with Crippen LogP contribution in [-0.2, 0) is 6.54 Å². The normalized spacial score (nSPS) is 11.2. The second-order valence-corrected chi connectivity index (χ2v) is 5.66. The van der Waals surface area contributed by atoms with Crippen molar-refractivity contribution in [2.24, 2.45) is 0 Å². The van der Waals surface area contributed by atoms with Gasteiger partial charge in [0.2, 0.25) is 5.78 Å². The SMILES string of the molecule is Cc1cc(=O)n2nc(-n3cccn3)nc2n1Cc1ccc(Cl)nc1. The summed E-state index contributed by atoms with van der Waals surface area (Å²) in [6.45, 7) is 2.35. The van der Waals surface area contributed by atoms with Gasteiger partial charge in [-0.3, -0.25) is 4.79 Å². The van der Waals surface area contributed by atoms with Crippen LogP contribution in [0.2, 0.25) is 5.15 Å². The van der Waals surface area contributed by atoms with Gasteiger partial charge in [-0.2, -0.15) is 14.6 Å². The lowest BCUT2D eigenvalue weighted by Crippen LogP contribution is -2.20. The maximum absolute atomic E-state index is 12.2. The minimum absolute atomic E-state index is 0.237. The van der Waals surface area contributed by atoms with Crippen molar-refractivity contribution in [2.75, 3.05) is 0 Å². The van der Waals surface area contributed by atoms with Gasteiger partial charge in [0.15, 0.2) is 0 Å². The van der Waals surface area contributed by atoms with Crippen molar-refractivity contribution in [3.05, 3.63) is 69.6 Å². The van der Waals surface area contributed by atoms with Crippen molar-refractivity contribution in [1.29, 1.82) is 0 Å². The van der Waals surface area contributed by atoms with E-state index in [0.29, 0.717) is 23.4 Å². The van der Waals surface area contributed by atoms with Crippen molar-refractivity contribution in [1.82, 2.24) is 33.9 Å². The maximum atomic E-state index is 12.2. The van der Waals surface area contributed by atoms with E-state index >= 15 is 0 Å². The number of hydrogen-bond acceptors (Lipinski definition) is 5. The molecule has 24 heavy (non-hydrogen) atoms. The lowest BCUT2D eigenvalue weighted by Gasteiger charge is -2.11. The number of rotatable bonds is 3. The molecule has 0 amide bonds. The van der Waals surface area contributed by atoms with Crippen LogP contribution in [0.5, 0.6) is 0 Å². The fourth-order valence-electron chi connectivity index (χ4n) is 2.45. The molecule has 0 saturated heterocycles. The molecule has 0 spiro atoms. The van der Waals surface area contributed by atoms with E-state index in [0.717, 1.165) is 11.3 Å². The first-order chi connectivity index (χ1) is 11.6. The topological polar surface area (TPSA) is 82.9 Å². The Morgan fingerprint density at radius 2 is 2.17 bits per heavy atom. The van der Waals surface area contributed by atoms with Crippen LogP contribution in [0.4, 0.5) is 0 Å². The van der Waals surface area contributed by atoms with Gasteiger partial charge in [0, 0.05) is 30.4 Å². The van der Waals surface area contributed by atoms with Crippen molar-refractivity contribution in [3.63, 3.8) is 0 Å². The van der Waals surface area contributed by atoms with Crippen LogP contribution < -0.4 is 5.56 Å². The van der Waals surface area contributed by atoms with Crippen molar-refractivity contribution in [2.45, 2.75) is 13.5 Å². The molecule has 0 aromatic carbocycles. The number of pyridine rings is 1. The van der Waals surface area contributed by atoms with E-state index in [1.807, 2.05) is 17.6 Å². The molecule has 9 heteroatoms. The Morgan fingerprint density at radius 1 is 1.29 bits per heavy atom. The zero-order chi connectivity index (χ0) is 16.7. The summed E-state index contributed by atoms with van der Waals surface area (Å²) in [5, 5.41) is 8.78. The molecule has 4 aromatic rings. The molecule has 0 radical (unpaired) electrons. The van der Waals surface area contributed by atoms with Gasteiger partial charge in [-0.1, -0.05) is 17.7 Å². The number of aryl methyl sites for hydroxylation is 1. The van der Waals surface area contributed by atoms with Gasteiger partial charge in [0.25, 0.3) is 11.5 Å². The largest absolute Gasteiger partial charge is 0.310 e. The van der Waals surface area contributed by atoms with Crippen LogP contribution in [0.15, 0.2) is 47.7 Å². The number of hydrogen-bond donors (Lipinski definition) is 0. The van der Waals surface area contributed by atoms with Gasteiger partial charge in [-0.05, 0) is 24.6 Å². The molecule has 8 nitrogen and oxygen atoms in total. The summed E-state index contributed by atoms with van der Waals surface area (Å²) in [6.07, 6.45) is 5.04. The highest BCUT2D eigenvalue weighted by molar-refractivity contribution is 6.29. The molecule has 0 bridgehead atoms. The van der Waals surface area contributed by atoms with E-state index in [-0.39, 0.29) is 5.56 Å². The average Bonchev–Trinajstić information content (AvgIpc) is 3.22. The van der Waals surface area contributed by atoms with Gasteiger partial charge in [0.1, 0.15) is 5.15 Å². The number of aromatic nitrogens is 7. The third-order valence-corrected chi connectivity index (χ3v) is 3.85. The zero-order valence-corrected chi connectivity index (χ0v) is 13.4. The van der Waals surface area contributed by atoms with Crippen LogP contribution in [0.25, 0.3) is 11.7 Å². The third-order valence-electron chi connectivity index (χ3n) is 3.63. The van der Waals surface area contributed by atoms with Crippen LogP contribution >= 0.6 is 11.6 Å². The fraction of sp³-hybridized carbons (Fsp3) is 0.133. The van der Waals surface area contributed by atoms with Crippen LogP contribution in [0.3, 0.4) is 0 Å². The van der Waals surface area contributed by atoms with E-state index in [1.165, 1.54) is 15.3 Å². The Kier molecular flexibility index (Phi) is 3.39. The maximum Gasteiger partial charge on any atom is 0.275 e. The molecule has 4 heterocycles. The van der Waals surface area contributed by atoms with Gasteiger partial charge in [-0.25, -0.2) is 9.67 Å². The minimum atomic E-state index is -0.237. The summed E-state index contributed by atoms with van der Waals surface area (Å²) < 4.78 is 4.68. The minimum Gasteiger partial charge on any atom is -0.310 e. The first-order valence-corrected chi connectivity index (χ1v) is 7.57. The molecule has 0 saturated carbocycles. The first kappa shape index (κ1) is 14.6. The van der Waals surface area contributed by atoms with Crippen LogP contribution in [0.1, 0.15) is 11.3 Å². The Morgan fingerprint density at radius 3 is 2.88 bits per heavy atom. The number of fused-ring (bicyclic) bond motifs is 1. The molecule has 0 aliphatic carbocycles. The van der Waals surface area contributed by atoms with Gasteiger partial charge >= 0.3 is 0 Å². The lowest BCUT2D eigenvalue weighted by atomic mass is 10.3. The second-order valence-electron chi connectivity index (χ2n) is 5.27. The molecule has 0 unspecified atom stereocenters. The van der Waals surface area contributed by atoms with E-state index < -0.39 is 0 Å². The Balaban J connectivity index is 1.87. The summed E-state index contributed by atoms with van der Waals surface area (Å²) in [7, 11) is 0. The first-order valence-electron chi connectivity index (χ1n) is 7.19. The zero-order valence-electron chi connectivity index (χ0n) is 12.7. The molecule has 4 rings (SSSR count). The number of nitrogens with zero attached hydrogens (tertiary/aromatic N) is 7. The summed E-state index contributed by atoms with van der Waals surface area (Å²) >= 11 is 5.83. The molecule has 0 N–H and O–H groups in total. The van der Waals surface area contributed by atoms with Gasteiger partial charge in [-0.15, -0.1) is 5.10 Å². The van der Waals surface area contributed by atoms with Crippen molar-refractivity contribution < 1.29 is 0 Å². The predicted octanol–water partition coefficient (Wildman–Crippen LogP) is 1.48. The van der Waals surface area contributed by atoms with Crippen LogP contribution in [0, 0.1) is 6.92 Å². The molecule has 4 aromatic heterocycles.